The summed E-state index contributed by atoms with van der Waals surface area (Å²) in [6.07, 6.45) is 1.38. The lowest BCUT2D eigenvalue weighted by Crippen LogP contribution is -1.96. The minimum Gasteiger partial charge on any atom is -0.411 e. The third-order valence-electron chi connectivity index (χ3n) is 1.97. The van der Waals surface area contributed by atoms with Crippen LogP contribution >= 0.6 is 0 Å². The molecule has 4 nitrogen and oxygen atoms in total. The van der Waals surface area contributed by atoms with E-state index >= 15 is 0 Å². The summed E-state index contributed by atoms with van der Waals surface area (Å²) in [5.74, 6) is 0. The highest BCUT2D eigenvalue weighted by atomic mass is 16.4. The average molecular weight is 175 g/mol. The van der Waals surface area contributed by atoms with Crippen LogP contribution in [0, 0.1) is 0 Å². The minimum absolute atomic E-state index is 0.804. The monoisotopic (exact) mass is 175 g/mol. The second-order valence-electron chi connectivity index (χ2n) is 2.77. The van der Waals surface area contributed by atoms with Crippen LogP contribution < -0.4 is 0 Å². The van der Waals surface area contributed by atoms with Crippen LogP contribution in [0.3, 0.4) is 0 Å². The Bertz CT molecular complexity index is 459. The molecule has 1 aromatic heterocycles. The van der Waals surface area contributed by atoms with Gasteiger partial charge in [-0.25, -0.2) is 0 Å². The summed E-state index contributed by atoms with van der Waals surface area (Å²) in [5, 5.41) is 16.7. The molecule has 0 saturated carbocycles. The van der Waals surface area contributed by atoms with Gasteiger partial charge >= 0.3 is 0 Å². The molecule has 0 aliphatic carbocycles. The van der Waals surface area contributed by atoms with Gasteiger partial charge in [0.1, 0.15) is 0 Å². The Morgan fingerprint density at radius 3 is 3.00 bits per heavy atom. The number of nitrogens with zero attached hydrogens (tertiary/aromatic N) is 3. The molecule has 0 bridgehead atoms. The zero-order chi connectivity index (χ0) is 9.26. The lowest BCUT2D eigenvalue weighted by molar-refractivity contribution is 0.321. The van der Waals surface area contributed by atoms with Crippen LogP contribution in [0.25, 0.3) is 10.9 Å². The largest absolute Gasteiger partial charge is 0.411 e. The maximum absolute atomic E-state index is 8.45. The van der Waals surface area contributed by atoms with Gasteiger partial charge in [0.25, 0.3) is 0 Å². The molecular formula is C9H9N3O. The van der Waals surface area contributed by atoms with Gasteiger partial charge in [-0.2, -0.15) is 5.10 Å². The lowest BCUT2D eigenvalue weighted by Gasteiger charge is -1.91. The van der Waals surface area contributed by atoms with Crippen molar-refractivity contribution in [2.45, 2.75) is 0 Å². The molecule has 0 aliphatic heterocycles. The second-order valence-corrected chi connectivity index (χ2v) is 2.77. The fourth-order valence-corrected chi connectivity index (χ4v) is 1.38. The number of aromatic nitrogens is 2. The van der Waals surface area contributed by atoms with Gasteiger partial charge in [0, 0.05) is 12.4 Å². The average Bonchev–Trinajstić information content (AvgIpc) is 2.44. The zero-order valence-electron chi connectivity index (χ0n) is 7.18. The second kappa shape index (κ2) is 2.90. The summed E-state index contributed by atoms with van der Waals surface area (Å²) in [7, 11) is 1.82. The molecule has 0 spiro atoms. The normalized spacial score (nSPS) is 11.5. The Morgan fingerprint density at radius 1 is 1.46 bits per heavy atom. The Morgan fingerprint density at radius 2 is 2.23 bits per heavy atom. The van der Waals surface area contributed by atoms with E-state index in [-0.39, 0.29) is 0 Å². The van der Waals surface area contributed by atoms with Crippen LogP contribution in [0.2, 0.25) is 0 Å². The minimum atomic E-state index is 0.804. The fraction of sp³-hybridized carbons (Fsp3) is 0.111. The molecule has 0 amide bonds. The summed E-state index contributed by atoms with van der Waals surface area (Å²) in [6.45, 7) is 0. The van der Waals surface area contributed by atoms with Crippen molar-refractivity contribution in [2.24, 2.45) is 12.2 Å². The molecule has 0 atom stereocenters. The summed E-state index contributed by atoms with van der Waals surface area (Å²) in [6, 6.07) is 7.72. The standard InChI is InChI=1S/C9H9N3O/c1-12-9(6-10-13)7-4-2-3-5-8(7)11-12/h2-6,13H,1H3. The van der Waals surface area contributed by atoms with Crippen molar-refractivity contribution in [1.29, 1.82) is 0 Å². The van der Waals surface area contributed by atoms with Crippen LogP contribution in [-0.4, -0.2) is 21.2 Å². The molecule has 2 rings (SSSR count). The third-order valence-corrected chi connectivity index (χ3v) is 1.97. The highest BCUT2D eigenvalue weighted by Gasteiger charge is 2.04. The van der Waals surface area contributed by atoms with Gasteiger partial charge in [0.2, 0.25) is 0 Å². The summed E-state index contributed by atoms with van der Waals surface area (Å²) in [5.41, 5.74) is 1.71. The molecule has 1 N–H and O–H groups in total. The van der Waals surface area contributed by atoms with Gasteiger partial charge in [-0.3, -0.25) is 4.68 Å². The van der Waals surface area contributed by atoms with Crippen molar-refractivity contribution >= 4 is 17.1 Å². The lowest BCUT2D eigenvalue weighted by atomic mass is 10.2. The van der Waals surface area contributed by atoms with Gasteiger partial charge in [-0.15, -0.1) is 0 Å². The SMILES string of the molecule is Cn1nc2ccccc2c1C=NO. The van der Waals surface area contributed by atoms with Crippen molar-refractivity contribution in [2.75, 3.05) is 0 Å². The Labute approximate surface area is 75.1 Å². The number of fused-ring (bicyclic) bond motifs is 1. The third kappa shape index (κ3) is 1.16. The molecular weight excluding hydrogens is 166 g/mol. The van der Waals surface area contributed by atoms with Gasteiger partial charge in [-0.05, 0) is 6.07 Å². The van der Waals surface area contributed by atoms with Gasteiger partial charge in [-0.1, -0.05) is 23.4 Å². The fourth-order valence-electron chi connectivity index (χ4n) is 1.38. The Kier molecular flexibility index (Phi) is 1.73. The van der Waals surface area contributed by atoms with Crippen LogP contribution in [0.5, 0.6) is 0 Å². The number of aryl methyl sites for hydroxylation is 1. The van der Waals surface area contributed by atoms with E-state index in [0.717, 1.165) is 16.6 Å². The highest BCUT2D eigenvalue weighted by Crippen LogP contribution is 2.15. The highest BCUT2D eigenvalue weighted by molar-refractivity contribution is 5.96. The molecule has 66 valence electrons. The zero-order valence-corrected chi connectivity index (χ0v) is 7.18. The first-order valence-electron chi connectivity index (χ1n) is 3.92. The molecule has 0 unspecified atom stereocenters. The van der Waals surface area contributed by atoms with Crippen molar-refractivity contribution in [3.8, 4) is 0 Å². The molecule has 0 aliphatic rings. The summed E-state index contributed by atoms with van der Waals surface area (Å²) in [4.78, 5) is 0. The molecule has 0 fully saturated rings. The van der Waals surface area contributed by atoms with Crippen LogP contribution in [0.4, 0.5) is 0 Å². The van der Waals surface area contributed by atoms with E-state index < -0.39 is 0 Å². The van der Waals surface area contributed by atoms with Gasteiger partial charge < -0.3 is 5.21 Å². The van der Waals surface area contributed by atoms with E-state index in [1.54, 1.807) is 4.68 Å². The maximum Gasteiger partial charge on any atom is 0.0930 e. The smallest absolute Gasteiger partial charge is 0.0930 e. The first kappa shape index (κ1) is 7.79. The summed E-state index contributed by atoms with van der Waals surface area (Å²) >= 11 is 0. The van der Waals surface area contributed by atoms with E-state index in [2.05, 4.69) is 10.3 Å². The van der Waals surface area contributed by atoms with E-state index in [9.17, 15) is 0 Å². The van der Waals surface area contributed by atoms with Crippen LogP contribution in [0.1, 0.15) is 5.69 Å². The van der Waals surface area contributed by atoms with E-state index in [1.165, 1.54) is 6.21 Å². The molecule has 1 aromatic carbocycles. The number of hydrogen-bond acceptors (Lipinski definition) is 3. The van der Waals surface area contributed by atoms with Crippen LogP contribution in [0.15, 0.2) is 29.4 Å². The predicted molar refractivity (Wildman–Crippen MR) is 50.1 cm³/mol. The maximum atomic E-state index is 8.45. The Balaban J connectivity index is 2.78. The topological polar surface area (TPSA) is 50.4 Å². The number of oxime groups is 1. The summed E-state index contributed by atoms with van der Waals surface area (Å²) < 4.78 is 1.68. The molecule has 13 heavy (non-hydrogen) atoms. The molecule has 4 heteroatoms. The Hall–Kier alpha value is -1.84. The van der Waals surface area contributed by atoms with Gasteiger partial charge in [0.05, 0.1) is 17.4 Å². The van der Waals surface area contributed by atoms with E-state index in [1.807, 2.05) is 31.3 Å². The number of hydrogen-bond donors (Lipinski definition) is 1. The van der Waals surface area contributed by atoms with Crippen LogP contribution in [-0.2, 0) is 7.05 Å². The van der Waals surface area contributed by atoms with Crippen molar-refractivity contribution in [3.05, 3.63) is 30.0 Å². The first-order chi connectivity index (χ1) is 6.33. The van der Waals surface area contributed by atoms with E-state index in [0.29, 0.717) is 0 Å². The van der Waals surface area contributed by atoms with Crippen molar-refractivity contribution in [3.63, 3.8) is 0 Å². The molecule has 1 heterocycles. The molecule has 0 saturated heterocycles. The molecule has 0 radical (unpaired) electrons. The quantitative estimate of drug-likeness (QED) is 0.404. The van der Waals surface area contributed by atoms with Crippen molar-refractivity contribution in [1.82, 2.24) is 9.78 Å². The number of rotatable bonds is 1. The number of benzene rings is 1. The van der Waals surface area contributed by atoms with E-state index in [4.69, 9.17) is 5.21 Å². The molecule has 2 aromatic rings. The van der Waals surface area contributed by atoms with Gasteiger partial charge in [0.15, 0.2) is 0 Å². The first-order valence-corrected chi connectivity index (χ1v) is 3.92. The van der Waals surface area contributed by atoms with Crippen molar-refractivity contribution < 1.29 is 5.21 Å². The predicted octanol–water partition coefficient (Wildman–Crippen LogP) is 1.38.